The molecule has 2 aromatic rings. The van der Waals surface area contributed by atoms with Crippen molar-refractivity contribution in [1.29, 1.82) is 0 Å². The smallest absolute Gasteiger partial charge is 0.132 e. The van der Waals surface area contributed by atoms with Crippen LogP contribution in [0.4, 0.5) is 11.5 Å². The number of imidazole rings is 1. The number of rotatable bonds is 5. The molecule has 110 valence electrons. The van der Waals surface area contributed by atoms with Crippen LogP contribution in [0.5, 0.6) is 0 Å². The molecule has 2 N–H and O–H groups in total. The first kappa shape index (κ1) is 13.7. The lowest BCUT2D eigenvalue weighted by Gasteiger charge is -2.12. The Balaban J connectivity index is 2.01. The normalized spacial score (nSPS) is 14.2. The van der Waals surface area contributed by atoms with Crippen LogP contribution in [0.15, 0.2) is 36.9 Å². The van der Waals surface area contributed by atoms with E-state index in [4.69, 9.17) is 10.7 Å². The lowest BCUT2D eigenvalue weighted by Crippen LogP contribution is -2.08. The van der Waals surface area contributed by atoms with Gasteiger partial charge in [-0.25, -0.2) is 4.98 Å². The van der Waals surface area contributed by atoms with Crippen molar-refractivity contribution in [3.8, 4) is 11.3 Å². The van der Waals surface area contributed by atoms with E-state index >= 15 is 0 Å². The van der Waals surface area contributed by atoms with E-state index < -0.39 is 0 Å². The van der Waals surface area contributed by atoms with Gasteiger partial charge in [0.15, 0.2) is 0 Å². The van der Waals surface area contributed by atoms with Crippen LogP contribution in [0, 0.1) is 0 Å². The zero-order valence-electron chi connectivity index (χ0n) is 12.7. The van der Waals surface area contributed by atoms with Crippen LogP contribution in [0.1, 0.15) is 24.6 Å². The summed E-state index contributed by atoms with van der Waals surface area (Å²) in [5.74, 6) is 2.43. The second kappa shape index (κ2) is 5.28. The average molecular weight is 282 g/mol. The molecule has 4 heteroatoms. The molecule has 1 fully saturated rings. The van der Waals surface area contributed by atoms with E-state index in [-0.39, 0.29) is 0 Å². The summed E-state index contributed by atoms with van der Waals surface area (Å²) in [5.41, 5.74) is 9.46. The van der Waals surface area contributed by atoms with Gasteiger partial charge in [0.25, 0.3) is 0 Å². The number of hydrogen-bond acceptors (Lipinski definition) is 3. The third kappa shape index (κ3) is 2.53. The van der Waals surface area contributed by atoms with Gasteiger partial charge >= 0.3 is 0 Å². The SMILES string of the molecule is C=CCn1c(C2CC2)nc(-c2ccc(N(C)C)cc2)c1N. The van der Waals surface area contributed by atoms with E-state index in [0.717, 1.165) is 29.4 Å². The molecule has 1 aromatic carbocycles. The molecule has 0 atom stereocenters. The highest BCUT2D eigenvalue weighted by Crippen LogP contribution is 2.42. The number of aromatic nitrogens is 2. The molecule has 1 aliphatic carbocycles. The lowest BCUT2D eigenvalue weighted by atomic mass is 10.1. The van der Waals surface area contributed by atoms with Crippen LogP contribution in [-0.2, 0) is 6.54 Å². The monoisotopic (exact) mass is 282 g/mol. The highest BCUT2D eigenvalue weighted by molar-refractivity contribution is 5.72. The molecular formula is C17H22N4. The fourth-order valence-electron chi connectivity index (χ4n) is 2.59. The number of anilines is 2. The summed E-state index contributed by atoms with van der Waals surface area (Å²) in [7, 11) is 4.07. The van der Waals surface area contributed by atoms with Crippen molar-refractivity contribution in [3.63, 3.8) is 0 Å². The Bertz CT molecular complexity index is 648. The summed E-state index contributed by atoms with van der Waals surface area (Å²) in [5, 5.41) is 0. The van der Waals surface area contributed by atoms with E-state index in [1.807, 2.05) is 20.2 Å². The van der Waals surface area contributed by atoms with E-state index in [1.54, 1.807) is 0 Å². The topological polar surface area (TPSA) is 47.1 Å². The number of nitrogens with zero attached hydrogens (tertiary/aromatic N) is 3. The molecule has 0 radical (unpaired) electrons. The molecular weight excluding hydrogens is 260 g/mol. The number of nitrogens with two attached hydrogens (primary N) is 1. The fourth-order valence-corrected chi connectivity index (χ4v) is 2.59. The Hall–Kier alpha value is -2.23. The molecule has 1 aromatic heterocycles. The minimum Gasteiger partial charge on any atom is -0.383 e. The number of benzene rings is 1. The Labute approximate surface area is 125 Å². The van der Waals surface area contributed by atoms with Gasteiger partial charge in [0.1, 0.15) is 17.3 Å². The highest BCUT2D eigenvalue weighted by atomic mass is 15.1. The molecule has 0 saturated heterocycles. The fraction of sp³-hybridized carbons (Fsp3) is 0.353. The van der Waals surface area contributed by atoms with E-state index in [2.05, 4.69) is 40.3 Å². The Morgan fingerprint density at radius 1 is 1.33 bits per heavy atom. The van der Waals surface area contributed by atoms with Gasteiger partial charge in [-0.05, 0) is 25.0 Å². The quantitative estimate of drug-likeness (QED) is 0.856. The molecule has 0 bridgehead atoms. The van der Waals surface area contributed by atoms with Gasteiger partial charge in [-0.2, -0.15) is 0 Å². The summed E-state index contributed by atoms with van der Waals surface area (Å²) in [6.45, 7) is 4.54. The van der Waals surface area contributed by atoms with Crippen molar-refractivity contribution < 1.29 is 0 Å². The highest BCUT2D eigenvalue weighted by Gasteiger charge is 2.30. The van der Waals surface area contributed by atoms with Crippen LogP contribution in [0.3, 0.4) is 0 Å². The Morgan fingerprint density at radius 2 is 2.00 bits per heavy atom. The molecule has 21 heavy (non-hydrogen) atoms. The summed E-state index contributed by atoms with van der Waals surface area (Å²) >= 11 is 0. The first-order valence-electron chi connectivity index (χ1n) is 7.36. The van der Waals surface area contributed by atoms with Gasteiger partial charge in [0.05, 0.1) is 0 Å². The number of hydrogen-bond donors (Lipinski definition) is 1. The lowest BCUT2D eigenvalue weighted by molar-refractivity contribution is 0.750. The first-order valence-corrected chi connectivity index (χ1v) is 7.36. The first-order chi connectivity index (χ1) is 10.1. The molecule has 1 aliphatic rings. The molecule has 3 rings (SSSR count). The molecule has 1 heterocycles. The van der Waals surface area contributed by atoms with Crippen molar-refractivity contribution in [2.75, 3.05) is 24.7 Å². The number of allylic oxidation sites excluding steroid dienone is 1. The molecule has 0 amide bonds. The summed E-state index contributed by atoms with van der Waals surface area (Å²) in [6, 6.07) is 8.36. The minimum absolute atomic E-state index is 0.571. The Kier molecular flexibility index (Phi) is 3.45. The van der Waals surface area contributed by atoms with Crippen LogP contribution < -0.4 is 10.6 Å². The molecule has 0 spiro atoms. The van der Waals surface area contributed by atoms with Crippen molar-refractivity contribution in [2.45, 2.75) is 25.3 Å². The van der Waals surface area contributed by atoms with Crippen LogP contribution in [0.2, 0.25) is 0 Å². The Morgan fingerprint density at radius 3 is 2.52 bits per heavy atom. The largest absolute Gasteiger partial charge is 0.383 e. The summed E-state index contributed by atoms with van der Waals surface area (Å²) in [6.07, 6.45) is 4.31. The van der Waals surface area contributed by atoms with Crippen molar-refractivity contribution >= 4 is 11.5 Å². The second-order valence-corrected chi connectivity index (χ2v) is 5.82. The van der Waals surface area contributed by atoms with E-state index in [1.165, 1.54) is 18.5 Å². The molecule has 0 unspecified atom stereocenters. The maximum Gasteiger partial charge on any atom is 0.132 e. The summed E-state index contributed by atoms with van der Waals surface area (Å²) < 4.78 is 2.10. The predicted molar refractivity (Wildman–Crippen MR) is 88.6 cm³/mol. The van der Waals surface area contributed by atoms with Crippen molar-refractivity contribution in [2.24, 2.45) is 0 Å². The van der Waals surface area contributed by atoms with Crippen LogP contribution in [0.25, 0.3) is 11.3 Å². The van der Waals surface area contributed by atoms with Crippen molar-refractivity contribution in [1.82, 2.24) is 9.55 Å². The standard InChI is InChI=1S/C17H22N4/c1-4-11-21-16(18)15(19-17(21)13-5-6-13)12-7-9-14(10-8-12)20(2)3/h4,7-10,13H,1,5-6,11,18H2,2-3H3. The minimum atomic E-state index is 0.571. The van der Waals surface area contributed by atoms with Gasteiger partial charge < -0.3 is 15.2 Å². The zero-order chi connectivity index (χ0) is 15.0. The van der Waals surface area contributed by atoms with E-state index in [9.17, 15) is 0 Å². The van der Waals surface area contributed by atoms with Gasteiger partial charge in [0.2, 0.25) is 0 Å². The molecule has 1 saturated carbocycles. The van der Waals surface area contributed by atoms with E-state index in [0.29, 0.717) is 5.92 Å². The molecule has 4 nitrogen and oxygen atoms in total. The average Bonchev–Trinajstić information content (AvgIpc) is 3.26. The van der Waals surface area contributed by atoms with Gasteiger partial charge in [-0.1, -0.05) is 18.2 Å². The third-order valence-electron chi connectivity index (χ3n) is 3.95. The maximum atomic E-state index is 6.33. The van der Waals surface area contributed by atoms with Gasteiger partial charge in [0, 0.05) is 37.8 Å². The maximum absolute atomic E-state index is 6.33. The van der Waals surface area contributed by atoms with Crippen molar-refractivity contribution in [3.05, 3.63) is 42.7 Å². The van der Waals surface area contributed by atoms with Crippen LogP contribution in [-0.4, -0.2) is 23.6 Å². The number of nitrogen functional groups attached to an aromatic ring is 1. The van der Waals surface area contributed by atoms with Gasteiger partial charge in [-0.15, -0.1) is 6.58 Å². The van der Waals surface area contributed by atoms with Gasteiger partial charge in [-0.3, -0.25) is 0 Å². The predicted octanol–water partition coefficient (Wildman–Crippen LogP) is 3.26. The third-order valence-corrected chi connectivity index (χ3v) is 3.95. The van der Waals surface area contributed by atoms with Crippen LogP contribution >= 0.6 is 0 Å². The zero-order valence-corrected chi connectivity index (χ0v) is 12.7. The summed E-state index contributed by atoms with van der Waals surface area (Å²) in [4.78, 5) is 6.89. The molecule has 0 aliphatic heterocycles. The second-order valence-electron chi connectivity index (χ2n) is 5.82.